The van der Waals surface area contributed by atoms with Gasteiger partial charge in [0.15, 0.2) is 6.10 Å². The van der Waals surface area contributed by atoms with Gasteiger partial charge >= 0.3 is 0 Å². The maximum absolute atomic E-state index is 12.5. The molecule has 1 aromatic carbocycles. The second-order valence-electron chi connectivity index (χ2n) is 4.96. The SMILES string of the molecule is CCc1ccc2c(c1)N(C(C)CN)C(=O)C(CC)O2. The number of nitrogens with two attached hydrogens (primary N) is 1. The summed E-state index contributed by atoms with van der Waals surface area (Å²) in [5.74, 6) is 0.796. The van der Waals surface area contributed by atoms with Crippen molar-refractivity contribution in [3.63, 3.8) is 0 Å². The van der Waals surface area contributed by atoms with Crippen LogP contribution in [-0.4, -0.2) is 24.6 Å². The van der Waals surface area contributed by atoms with E-state index in [4.69, 9.17) is 10.5 Å². The highest BCUT2D eigenvalue weighted by Crippen LogP contribution is 2.36. The van der Waals surface area contributed by atoms with Crippen LogP contribution < -0.4 is 15.4 Å². The monoisotopic (exact) mass is 262 g/mol. The summed E-state index contributed by atoms with van der Waals surface area (Å²) in [6.07, 6.45) is 1.21. The van der Waals surface area contributed by atoms with E-state index in [1.165, 1.54) is 5.56 Å². The van der Waals surface area contributed by atoms with Gasteiger partial charge in [-0.2, -0.15) is 0 Å². The van der Waals surface area contributed by atoms with Gasteiger partial charge in [-0.15, -0.1) is 0 Å². The Labute approximate surface area is 114 Å². The molecule has 4 nitrogen and oxygen atoms in total. The molecule has 0 aliphatic carbocycles. The van der Waals surface area contributed by atoms with Crippen LogP contribution in [0.1, 0.15) is 32.8 Å². The minimum absolute atomic E-state index is 0.0150. The zero-order valence-electron chi connectivity index (χ0n) is 11.8. The molecule has 1 heterocycles. The number of aryl methyl sites for hydroxylation is 1. The van der Waals surface area contributed by atoms with Gasteiger partial charge in [0, 0.05) is 12.6 Å². The van der Waals surface area contributed by atoms with E-state index < -0.39 is 6.10 Å². The number of hydrogen-bond donors (Lipinski definition) is 1. The minimum atomic E-state index is -0.394. The summed E-state index contributed by atoms with van der Waals surface area (Å²) in [7, 11) is 0. The van der Waals surface area contributed by atoms with E-state index in [1.807, 2.05) is 32.0 Å². The molecule has 0 saturated heterocycles. The van der Waals surface area contributed by atoms with E-state index in [2.05, 4.69) is 6.92 Å². The maximum Gasteiger partial charge on any atom is 0.268 e. The molecule has 2 unspecified atom stereocenters. The number of carbonyl (C=O) groups is 1. The van der Waals surface area contributed by atoms with Crippen molar-refractivity contribution in [2.24, 2.45) is 5.73 Å². The third-order valence-corrected chi connectivity index (χ3v) is 3.63. The smallest absolute Gasteiger partial charge is 0.268 e. The van der Waals surface area contributed by atoms with Crippen molar-refractivity contribution in [3.05, 3.63) is 23.8 Å². The summed E-state index contributed by atoms with van der Waals surface area (Å²) in [4.78, 5) is 14.3. The second kappa shape index (κ2) is 5.61. The quantitative estimate of drug-likeness (QED) is 0.904. The summed E-state index contributed by atoms with van der Waals surface area (Å²) in [6.45, 7) is 6.47. The lowest BCUT2D eigenvalue weighted by atomic mass is 10.1. The Morgan fingerprint density at radius 1 is 1.42 bits per heavy atom. The molecule has 1 aromatic rings. The van der Waals surface area contributed by atoms with Crippen molar-refractivity contribution in [3.8, 4) is 5.75 Å². The summed E-state index contributed by atoms with van der Waals surface area (Å²) in [5.41, 5.74) is 7.79. The molecule has 0 aromatic heterocycles. The first-order valence-corrected chi connectivity index (χ1v) is 6.95. The maximum atomic E-state index is 12.5. The van der Waals surface area contributed by atoms with Crippen LogP contribution in [0.3, 0.4) is 0 Å². The van der Waals surface area contributed by atoms with Crippen molar-refractivity contribution in [1.29, 1.82) is 0 Å². The van der Waals surface area contributed by atoms with E-state index in [-0.39, 0.29) is 11.9 Å². The van der Waals surface area contributed by atoms with Crippen LogP contribution in [0.25, 0.3) is 0 Å². The van der Waals surface area contributed by atoms with Crippen LogP contribution in [0, 0.1) is 0 Å². The van der Waals surface area contributed by atoms with Gasteiger partial charge in [-0.25, -0.2) is 0 Å². The first-order valence-electron chi connectivity index (χ1n) is 6.95. The van der Waals surface area contributed by atoms with E-state index in [9.17, 15) is 4.79 Å². The zero-order valence-corrected chi connectivity index (χ0v) is 11.8. The van der Waals surface area contributed by atoms with Gasteiger partial charge < -0.3 is 15.4 Å². The number of fused-ring (bicyclic) bond motifs is 1. The second-order valence-corrected chi connectivity index (χ2v) is 4.96. The van der Waals surface area contributed by atoms with Gasteiger partial charge in [-0.05, 0) is 37.5 Å². The molecule has 2 atom stereocenters. The van der Waals surface area contributed by atoms with Crippen LogP contribution in [0.4, 0.5) is 5.69 Å². The van der Waals surface area contributed by atoms with Gasteiger partial charge in [-0.3, -0.25) is 4.79 Å². The molecule has 0 saturated carbocycles. The number of amides is 1. The number of anilines is 1. The predicted molar refractivity (Wildman–Crippen MR) is 76.5 cm³/mol. The molecule has 1 aliphatic rings. The molecule has 1 amide bonds. The van der Waals surface area contributed by atoms with Crippen molar-refractivity contribution in [2.75, 3.05) is 11.4 Å². The topological polar surface area (TPSA) is 55.6 Å². The van der Waals surface area contributed by atoms with Gasteiger partial charge in [-0.1, -0.05) is 19.9 Å². The third-order valence-electron chi connectivity index (χ3n) is 3.63. The highest BCUT2D eigenvalue weighted by Gasteiger charge is 2.35. The fraction of sp³-hybridized carbons (Fsp3) is 0.533. The number of carbonyl (C=O) groups excluding carboxylic acids is 1. The average molecular weight is 262 g/mol. The Balaban J connectivity index is 2.48. The molecule has 19 heavy (non-hydrogen) atoms. The Morgan fingerprint density at radius 3 is 2.74 bits per heavy atom. The van der Waals surface area contributed by atoms with E-state index in [0.717, 1.165) is 17.9 Å². The standard InChI is InChI=1S/C15H22N2O2/c1-4-11-6-7-14-12(8-11)17(10(3)9-16)15(18)13(5-2)19-14/h6-8,10,13H,4-5,9,16H2,1-3H3. The summed E-state index contributed by atoms with van der Waals surface area (Å²) >= 11 is 0. The Bertz CT molecular complexity index is 473. The van der Waals surface area contributed by atoms with Crippen molar-refractivity contribution in [1.82, 2.24) is 0 Å². The lowest BCUT2D eigenvalue weighted by Gasteiger charge is -2.37. The number of hydrogen-bond acceptors (Lipinski definition) is 3. The molecule has 2 N–H and O–H groups in total. The van der Waals surface area contributed by atoms with E-state index in [0.29, 0.717) is 13.0 Å². The predicted octanol–water partition coefficient (Wildman–Crippen LogP) is 2.10. The summed E-state index contributed by atoms with van der Waals surface area (Å²) in [6, 6.07) is 6.02. The first-order chi connectivity index (χ1) is 9.12. The summed E-state index contributed by atoms with van der Waals surface area (Å²) < 4.78 is 5.79. The van der Waals surface area contributed by atoms with Crippen LogP contribution >= 0.6 is 0 Å². The van der Waals surface area contributed by atoms with Gasteiger partial charge in [0.2, 0.25) is 0 Å². The highest BCUT2D eigenvalue weighted by atomic mass is 16.5. The third kappa shape index (κ3) is 2.45. The molecule has 2 rings (SSSR count). The molecule has 104 valence electrons. The Morgan fingerprint density at radius 2 is 2.16 bits per heavy atom. The van der Waals surface area contributed by atoms with Crippen LogP contribution in [0.15, 0.2) is 18.2 Å². The minimum Gasteiger partial charge on any atom is -0.478 e. The first kappa shape index (κ1) is 13.9. The van der Waals surface area contributed by atoms with Crippen molar-refractivity contribution in [2.45, 2.75) is 45.8 Å². The number of nitrogens with zero attached hydrogens (tertiary/aromatic N) is 1. The van der Waals surface area contributed by atoms with Crippen molar-refractivity contribution < 1.29 is 9.53 Å². The lowest BCUT2D eigenvalue weighted by Crippen LogP contribution is -2.51. The molecule has 1 aliphatic heterocycles. The molecule has 4 heteroatoms. The van der Waals surface area contributed by atoms with Crippen LogP contribution in [-0.2, 0) is 11.2 Å². The Kier molecular flexibility index (Phi) is 4.10. The van der Waals surface area contributed by atoms with Crippen LogP contribution in [0.2, 0.25) is 0 Å². The number of ether oxygens (including phenoxy) is 1. The Hall–Kier alpha value is -1.55. The van der Waals surface area contributed by atoms with Crippen molar-refractivity contribution >= 4 is 11.6 Å². The summed E-state index contributed by atoms with van der Waals surface area (Å²) in [5, 5.41) is 0. The fourth-order valence-electron chi connectivity index (χ4n) is 2.37. The van der Waals surface area contributed by atoms with Gasteiger partial charge in [0.25, 0.3) is 5.91 Å². The number of benzene rings is 1. The number of rotatable bonds is 4. The van der Waals surface area contributed by atoms with E-state index >= 15 is 0 Å². The molecule has 0 radical (unpaired) electrons. The highest BCUT2D eigenvalue weighted by molar-refractivity contribution is 6.00. The average Bonchev–Trinajstić information content (AvgIpc) is 2.45. The van der Waals surface area contributed by atoms with Crippen LogP contribution in [0.5, 0.6) is 5.75 Å². The fourth-order valence-corrected chi connectivity index (χ4v) is 2.37. The largest absolute Gasteiger partial charge is 0.478 e. The van der Waals surface area contributed by atoms with E-state index in [1.54, 1.807) is 4.90 Å². The molecular formula is C15H22N2O2. The lowest BCUT2D eigenvalue weighted by molar-refractivity contribution is -0.126. The molecular weight excluding hydrogens is 240 g/mol. The molecule has 0 bridgehead atoms. The zero-order chi connectivity index (χ0) is 14.0. The van der Waals surface area contributed by atoms with Gasteiger partial charge in [0.05, 0.1) is 5.69 Å². The molecule has 0 fully saturated rings. The molecule has 0 spiro atoms. The normalized spacial score (nSPS) is 19.9. The van der Waals surface area contributed by atoms with Gasteiger partial charge in [0.1, 0.15) is 5.75 Å².